The molecule has 1 unspecified atom stereocenters. The number of hydrogen-bond acceptors (Lipinski definition) is 6. The second kappa shape index (κ2) is 5.05. The van der Waals surface area contributed by atoms with Crippen LogP contribution in [0.25, 0.3) is 0 Å². The van der Waals surface area contributed by atoms with Crippen molar-refractivity contribution in [2.45, 2.75) is 37.9 Å². The lowest BCUT2D eigenvalue weighted by atomic mass is 10.1. The number of aromatic nitrogens is 2. The molecule has 1 aromatic rings. The lowest BCUT2D eigenvalue weighted by Gasteiger charge is -2.20. The summed E-state index contributed by atoms with van der Waals surface area (Å²) in [6.07, 6.45) is -0.284. The fourth-order valence-corrected chi connectivity index (χ4v) is 2.15. The van der Waals surface area contributed by atoms with E-state index in [-0.39, 0.29) is 11.9 Å². The summed E-state index contributed by atoms with van der Waals surface area (Å²) in [6.45, 7) is 1.90. The van der Waals surface area contributed by atoms with Gasteiger partial charge in [0.05, 0.1) is 6.10 Å². The average molecular weight is 255 g/mol. The Morgan fingerprint density at radius 3 is 2.94 bits per heavy atom. The summed E-state index contributed by atoms with van der Waals surface area (Å²) in [5.74, 6) is 0.149. The molecule has 1 aliphatic heterocycles. The molecule has 18 heavy (non-hydrogen) atoms. The maximum absolute atomic E-state index is 11.7. The number of ether oxygens (including phenoxy) is 2. The number of hydrogen-bond donors (Lipinski definition) is 2. The van der Waals surface area contributed by atoms with Crippen molar-refractivity contribution in [1.82, 2.24) is 9.55 Å². The topological polar surface area (TPSA) is 99.6 Å². The Morgan fingerprint density at radius 2 is 2.39 bits per heavy atom. The SMILES string of the molecule is CC[C@H]1O[C@@H](n2ccc(N)nc2=O)C(OC)[C@H]1O. The van der Waals surface area contributed by atoms with Gasteiger partial charge in [0, 0.05) is 13.3 Å². The van der Waals surface area contributed by atoms with Crippen LogP contribution in [0, 0.1) is 0 Å². The minimum Gasteiger partial charge on any atom is -0.388 e. The van der Waals surface area contributed by atoms with E-state index in [0.29, 0.717) is 6.42 Å². The summed E-state index contributed by atoms with van der Waals surface area (Å²) < 4.78 is 12.1. The van der Waals surface area contributed by atoms with Gasteiger partial charge in [0.25, 0.3) is 0 Å². The van der Waals surface area contributed by atoms with E-state index in [0.717, 1.165) is 0 Å². The Labute approximate surface area is 104 Å². The van der Waals surface area contributed by atoms with Gasteiger partial charge in [-0.2, -0.15) is 4.98 Å². The molecule has 0 spiro atoms. The Kier molecular flexibility index (Phi) is 3.65. The van der Waals surface area contributed by atoms with Crippen molar-refractivity contribution in [2.24, 2.45) is 0 Å². The van der Waals surface area contributed by atoms with Gasteiger partial charge in [0.15, 0.2) is 6.23 Å². The van der Waals surface area contributed by atoms with Crippen molar-refractivity contribution in [2.75, 3.05) is 12.8 Å². The fourth-order valence-electron chi connectivity index (χ4n) is 2.15. The van der Waals surface area contributed by atoms with Gasteiger partial charge in [0.2, 0.25) is 0 Å². The molecule has 7 heteroatoms. The number of nitrogens with zero attached hydrogens (tertiary/aromatic N) is 2. The molecule has 0 aliphatic carbocycles. The molecule has 3 N–H and O–H groups in total. The molecular formula is C11H17N3O4. The number of aliphatic hydroxyl groups is 1. The zero-order valence-electron chi connectivity index (χ0n) is 10.3. The van der Waals surface area contributed by atoms with Crippen LogP contribution < -0.4 is 11.4 Å². The number of rotatable bonds is 3. The molecule has 1 aliphatic rings. The summed E-state index contributed by atoms with van der Waals surface area (Å²) in [7, 11) is 1.47. The second-order valence-electron chi connectivity index (χ2n) is 4.21. The smallest absolute Gasteiger partial charge is 0.351 e. The summed E-state index contributed by atoms with van der Waals surface area (Å²) >= 11 is 0. The molecule has 4 atom stereocenters. The number of aliphatic hydroxyl groups excluding tert-OH is 1. The lowest BCUT2D eigenvalue weighted by Crippen LogP contribution is -2.36. The van der Waals surface area contributed by atoms with Crippen LogP contribution in [0.4, 0.5) is 5.82 Å². The van der Waals surface area contributed by atoms with Crippen LogP contribution in [0.1, 0.15) is 19.6 Å². The van der Waals surface area contributed by atoms with Gasteiger partial charge in [-0.25, -0.2) is 4.79 Å². The number of nitrogens with two attached hydrogens (primary N) is 1. The predicted molar refractivity (Wildman–Crippen MR) is 63.9 cm³/mol. The van der Waals surface area contributed by atoms with Crippen LogP contribution in [0.15, 0.2) is 17.1 Å². The number of methoxy groups -OCH3 is 1. The van der Waals surface area contributed by atoms with E-state index in [2.05, 4.69) is 4.98 Å². The van der Waals surface area contributed by atoms with Crippen molar-refractivity contribution in [1.29, 1.82) is 0 Å². The molecule has 0 amide bonds. The maximum atomic E-state index is 11.7. The van der Waals surface area contributed by atoms with E-state index in [1.54, 1.807) is 0 Å². The molecule has 0 aromatic carbocycles. The third-order valence-electron chi connectivity index (χ3n) is 3.11. The van der Waals surface area contributed by atoms with Gasteiger partial charge in [-0.3, -0.25) is 4.57 Å². The lowest BCUT2D eigenvalue weighted by molar-refractivity contribution is -0.0541. The highest BCUT2D eigenvalue weighted by Crippen LogP contribution is 2.31. The van der Waals surface area contributed by atoms with Crippen molar-refractivity contribution < 1.29 is 14.6 Å². The van der Waals surface area contributed by atoms with E-state index in [1.165, 1.54) is 23.9 Å². The van der Waals surface area contributed by atoms with Crippen molar-refractivity contribution in [3.8, 4) is 0 Å². The molecule has 1 saturated heterocycles. The van der Waals surface area contributed by atoms with Gasteiger partial charge in [-0.1, -0.05) is 6.92 Å². The highest BCUT2D eigenvalue weighted by molar-refractivity contribution is 5.23. The van der Waals surface area contributed by atoms with E-state index >= 15 is 0 Å². The molecule has 7 nitrogen and oxygen atoms in total. The van der Waals surface area contributed by atoms with Crippen LogP contribution in [-0.4, -0.2) is 40.1 Å². The highest BCUT2D eigenvalue weighted by Gasteiger charge is 2.44. The van der Waals surface area contributed by atoms with Gasteiger partial charge in [0.1, 0.15) is 18.0 Å². The minimum absolute atomic E-state index is 0.149. The Balaban J connectivity index is 2.35. The summed E-state index contributed by atoms with van der Waals surface area (Å²) in [6, 6.07) is 1.50. The molecule has 1 fully saturated rings. The largest absolute Gasteiger partial charge is 0.388 e. The van der Waals surface area contributed by atoms with Crippen molar-refractivity contribution in [3.63, 3.8) is 0 Å². The van der Waals surface area contributed by atoms with Crippen molar-refractivity contribution in [3.05, 3.63) is 22.7 Å². The predicted octanol–water partition coefficient (Wildman–Crippen LogP) is -0.491. The first-order valence-electron chi connectivity index (χ1n) is 5.79. The molecule has 0 bridgehead atoms. The van der Waals surface area contributed by atoms with Crippen LogP contribution in [-0.2, 0) is 9.47 Å². The Morgan fingerprint density at radius 1 is 1.67 bits per heavy atom. The zero-order valence-corrected chi connectivity index (χ0v) is 10.3. The first kappa shape index (κ1) is 13.0. The third-order valence-corrected chi connectivity index (χ3v) is 3.11. The average Bonchev–Trinajstić information content (AvgIpc) is 2.65. The summed E-state index contributed by atoms with van der Waals surface area (Å²) in [4.78, 5) is 15.4. The minimum atomic E-state index is -0.769. The number of nitrogen functional groups attached to an aromatic ring is 1. The third kappa shape index (κ3) is 2.12. The van der Waals surface area contributed by atoms with Crippen molar-refractivity contribution >= 4 is 5.82 Å². The van der Waals surface area contributed by atoms with E-state index < -0.39 is 24.1 Å². The van der Waals surface area contributed by atoms with Gasteiger partial charge in [-0.05, 0) is 12.5 Å². The van der Waals surface area contributed by atoms with E-state index in [4.69, 9.17) is 15.2 Å². The standard InChI is InChI=1S/C11H17N3O4/c1-3-6-8(15)9(17-2)10(18-6)14-5-4-7(12)13-11(14)16/h4-6,8-10,15H,3H2,1-2H3,(H2,12,13,16)/t6-,8+,9?,10-/m1/s1. The highest BCUT2D eigenvalue weighted by atomic mass is 16.6. The van der Waals surface area contributed by atoms with Crippen LogP contribution in [0.3, 0.4) is 0 Å². The first-order chi connectivity index (χ1) is 8.58. The normalized spacial score (nSPS) is 31.7. The Hall–Kier alpha value is -1.44. The summed E-state index contributed by atoms with van der Waals surface area (Å²) in [5, 5.41) is 10.0. The summed E-state index contributed by atoms with van der Waals surface area (Å²) in [5.41, 5.74) is 4.91. The molecule has 0 radical (unpaired) electrons. The molecular weight excluding hydrogens is 238 g/mol. The fraction of sp³-hybridized carbons (Fsp3) is 0.636. The quantitative estimate of drug-likeness (QED) is 0.756. The van der Waals surface area contributed by atoms with Gasteiger partial charge in [-0.15, -0.1) is 0 Å². The monoisotopic (exact) mass is 255 g/mol. The van der Waals surface area contributed by atoms with Gasteiger partial charge >= 0.3 is 5.69 Å². The Bertz CT molecular complexity index is 476. The molecule has 2 rings (SSSR count). The maximum Gasteiger partial charge on any atom is 0.351 e. The molecule has 1 aromatic heterocycles. The van der Waals surface area contributed by atoms with Crippen LogP contribution in [0.2, 0.25) is 0 Å². The molecule has 100 valence electrons. The van der Waals surface area contributed by atoms with Gasteiger partial charge < -0.3 is 20.3 Å². The van der Waals surface area contributed by atoms with E-state index in [9.17, 15) is 9.90 Å². The van der Waals surface area contributed by atoms with Crippen LogP contribution in [0.5, 0.6) is 0 Å². The molecule has 2 heterocycles. The molecule has 0 saturated carbocycles. The zero-order chi connectivity index (χ0) is 13.3. The number of anilines is 1. The second-order valence-corrected chi connectivity index (χ2v) is 4.21. The van der Waals surface area contributed by atoms with Crippen LogP contribution >= 0.6 is 0 Å². The first-order valence-corrected chi connectivity index (χ1v) is 5.79. The van der Waals surface area contributed by atoms with E-state index in [1.807, 2.05) is 6.92 Å².